The summed E-state index contributed by atoms with van der Waals surface area (Å²) in [4.78, 5) is 16.3. The summed E-state index contributed by atoms with van der Waals surface area (Å²) in [7, 11) is 1.62. The van der Waals surface area contributed by atoms with Crippen LogP contribution in [0.5, 0.6) is 5.75 Å². The molecule has 0 saturated carbocycles. The van der Waals surface area contributed by atoms with Gasteiger partial charge >= 0.3 is 0 Å². The minimum absolute atomic E-state index is 0.0644. The van der Waals surface area contributed by atoms with Crippen LogP contribution in [0.15, 0.2) is 36.7 Å². The Balaban J connectivity index is 2.29. The zero-order chi connectivity index (χ0) is 13.8. The summed E-state index contributed by atoms with van der Waals surface area (Å²) in [6.45, 7) is 3.92. The van der Waals surface area contributed by atoms with Crippen LogP contribution in [0.4, 0.5) is 0 Å². The van der Waals surface area contributed by atoms with Gasteiger partial charge < -0.3 is 4.74 Å². The smallest absolute Gasteiger partial charge is 0.169 e. The Kier molecular flexibility index (Phi) is 3.95. The quantitative estimate of drug-likeness (QED) is 0.788. The monoisotopic (exact) mass is 255 g/mol. The molecular formula is C16H17NO2. The van der Waals surface area contributed by atoms with E-state index in [4.69, 9.17) is 4.74 Å². The number of ketones is 1. The molecule has 0 amide bonds. The van der Waals surface area contributed by atoms with Crippen molar-refractivity contribution < 1.29 is 9.53 Å². The number of aromatic nitrogens is 1. The minimum atomic E-state index is 0.0644. The highest BCUT2D eigenvalue weighted by molar-refractivity contribution is 5.98. The fourth-order valence-electron chi connectivity index (χ4n) is 2.07. The highest BCUT2D eigenvalue weighted by atomic mass is 16.5. The fraction of sp³-hybridized carbons (Fsp3) is 0.250. The first-order chi connectivity index (χ1) is 9.11. The van der Waals surface area contributed by atoms with Crippen LogP contribution in [0.3, 0.4) is 0 Å². The summed E-state index contributed by atoms with van der Waals surface area (Å²) in [5, 5.41) is 0. The number of aryl methyl sites for hydroxylation is 2. The molecular weight excluding hydrogens is 238 g/mol. The molecule has 0 radical (unpaired) electrons. The van der Waals surface area contributed by atoms with Gasteiger partial charge in [0, 0.05) is 29.9 Å². The van der Waals surface area contributed by atoms with Crippen molar-refractivity contribution in [2.75, 3.05) is 7.11 Å². The van der Waals surface area contributed by atoms with Crippen LogP contribution in [0.25, 0.3) is 0 Å². The second-order valence-electron chi connectivity index (χ2n) is 4.61. The van der Waals surface area contributed by atoms with Gasteiger partial charge in [-0.2, -0.15) is 0 Å². The van der Waals surface area contributed by atoms with E-state index in [0.717, 1.165) is 22.4 Å². The van der Waals surface area contributed by atoms with E-state index in [1.54, 1.807) is 19.5 Å². The van der Waals surface area contributed by atoms with E-state index in [-0.39, 0.29) is 5.78 Å². The maximum Gasteiger partial charge on any atom is 0.169 e. The van der Waals surface area contributed by atoms with E-state index in [9.17, 15) is 4.79 Å². The van der Waals surface area contributed by atoms with Gasteiger partial charge in [0.25, 0.3) is 0 Å². The predicted octanol–water partition coefficient (Wildman–Crippen LogP) is 3.13. The molecule has 0 atom stereocenters. The SMILES string of the molecule is COc1ccc(C)cc1CC(=O)c1cnccc1C. The first-order valence-corrected chi connectivity index (χ1v) is 6.19. The lowest BCUT2D eigenvalue weighted by Gasteiger charge is -2.09. The lowest BCUT2D eigenvalue weighted by Crippen LogP contribution is -2.07. The number of ether oxygens (including phenoxy) is 1. The summed E-state index contributed by atoms with van der Waals surface area (Å²) in [6, 6.07) is 7.71. The van der Waals surface area contributed by atoms with Crippen LogP contribution in [-0.2, 0) is 6.42 Å². The van der Waals surface area contributed by atoms with Gasteiger partial charge in [0.15, 0.2) is 5.78 Å². The summed E-state index contributed by atoms with van der Waals surface area (Å²) in [5.41, 5.74) is 3.65. The average Bonchev–Trinajstić information content (AvgIpc) is 2.39. The van der Waals surface area contributed by atoms with E-state index in [1.165, 1.54) is 0 Å². The van der Waals surface area contributed by atoms with Gasteiger partial charge in [-0.15, -0.1) is 0 Å². The maximum absolute atomic E-state index is 12.3. The Morgan fingerprint density at radius 1 is 1.26 bits per heavy atom. The average molecular weight is 255 g/mol. The number of carbonyl (C=O) groups excluding carboxylic acids is 1. The number of pyridine rings is 1. The Bertz CT molecular complexity index is 605. The molecule has 2 aromatic rings. The van der Waals surface area contributed by atoms with Gasteiger partial charge in [-0.25, -0.2) is 0 Å². The van der Waals surface area contributed by atoms with Crippen molar-refractivity contribution in [3.8, 4) is 5.75 Å². The normalized spacial score (nSPS) is 10.3. The molecule has 0 saturated heterocycles. The Hall–Kier alpha value is -2.16. The highest BCUT2D eigenvalue weighted by Crippen LogP contribution is 2.22. The second kappa shape index (κ2) is 5.65. The van der Waals surface area contributed by atoms with E-state index >= 15 is 0 Å². The number of hydrogen-bond donors (Lipinski definition) is 0. The molecule has 0 fully saturated rings. The molecule has 1 aromatic carbocycles. The zero-order valence-corrected chi connectivity index (χ0v) is 11.4. The van der Waals surface area contributed by atoms with Crippen LogP contribution in [0.2, 0.25) is 0 Å². The number of benzene rings is 1. The van der Waals surface area contributed by atoms with Crippen molar-refractivity contribution in [1.82, 2.24) is 4.98 Å². The molecule has 0 aliphatic heterocycles. The van der Waals surface area contributed by atoms with E-state index in [0.29, 0.717) is 12.0 Å². The molecule has 0 unspecified atom stereocenters. The van der Waals surface area contributed by atoms with Crippen molar-refractivity contribution in [2.45, 2.75) is 20.3 Å². The molecule has 0 spiro atoms. The van der Waals surface area contributed by atoms with Crippen LogP contribution < -0.4 is 4.74 Å². The van der Waals surface area contributed by atoms with E-state index in [1.807, 2.05) is 38.1 Å². The first kappa shape index (κ1) is 13.3. The number of methoxy groups -OCH3 is 1. The van der Waals surface area contributed by atoms with Gasteiger partial charge in [-0.1, -0.05) is 17.7 Å². The summed E-state index contributed by atoms with van der Waals surface area (Å²) < 4.78 is 5.30. The molecule has 3 heteroatoms. The Morgan fingerprint density at radius 2 is 2.05 bits per heavy atom. The van der Waals surface area contributed by atoms with Gasteiger partial charge in [0.2, 0.25) is 0 Å². The molecule has 1 aromatic heterocycles. The van der Waals surface area contributed by atoms with Crippen LogP contribution in [0, 0.1) is 13.8 Å². The Labute approximate surface area is 113 Å². The molecule has 3 nitrogen and oxygen atoms in total. The third-order valence-electron chi connectivity index (χ3n) is 3.13. The number of rotatable bonds is 4. The molecule has 19 heavy (non-hydrogen) atoms. The lowest BCUT2D eigenvalue weighted by molar-refractivity contribution is 0.0991. The van der Waals surface area contributed by atoms with E-state index in [2.05, 4.69) is 4.98 Å². The summed E-state index contributed by atoms with van der Waals surface area (Å²) in [5.74, 6) is 0.815. The van der Waals surface area contributed by atoms with Crippen molar-refractivity contribution in [3.05, 3.63) is 58.9 Å². The summed E-state index contributed by atoms with van der Waals surface area (Å²) in [6.07, 6.45) is 3.65. The van der Waals surface area contributed by atoms with Crippen LogP contribution in [0.1, 0.15) is 27.0 Å². The minimum Gasteiger partial charge on any atom is -0.496 e. The standard InChI is InChI=1S/C16H17NO2/c1-11-4-5-16(19-3)13(8-11)9-15(18)14-10-17-7-6-12(14)2/h4-8,10H,9H2,1-3H3. The van der Waals surface area contributed by atoms with Crippen molar-refractivity contribution in [3.63, 3.8) is 0 Å². The molecule has 1 heterocycles. The van der Waals surface area contributed by atoms with Gasteiger partial charge in [0.05, 0.1) is 7.11 Å². The van der Waals surface area contributed by atoms with Crippen LogP contribution in [-0.4, -0.2) is 17.9 Å². The van der Waals surface area contributed by atoms with Gasteiger partial charge in [-0.3, -0.25) is 9.78 Å². The van der Waals surface area contributed by atoms with Crippen molar-refractivity contribution in [2.24, 2.45) is 0 Å². The molecule has 98 valence electrons. The first-order valence-electron chi connectivity index (χ1n) is 6.19. The number of nitrogens with zero attached hydrogens (tertiary/aromatic N) is 1. The molecule has 0 bridgehead atoms. The van der Waals surface area contributed by atoms with Crippen LogP contribution >= 0.6 is 0 Å². The maximum atomic E-state index is 12.3. The van der Waals surface area contributed by atoms with Gasteiger partial charge in [-0.05, 0) is 31.5 Å². The number of Topliss-reactive ketones (excluding diaryl/α,β-unsaturated/α-hetero) is 1. The molecule has 0 N–H and O–H groups in total. The number of hydrogen-bond acceptors (Lipinski definition) is 3. The fourth-order valence-corrected chi connectivity index (χ4v) is 2.07. The molecule has 2 rings (SSSR count). The number of carbonyl (C=O) groups is 1. The second-order valence-corrected chi connectivity index (χ2v) is 4.61. The van der Waals surface area contributed by atoms with Crippen molar-refractivity contribution >= 4 is 5.78 Å². The van der Waals surface area contributed by atoms with Crippen molar-refractivity contribution in [1.29, 1.82) is 0 Å². The lowest BCUT2D eigenvalue weighted by atomic mass is 9.99. The third kappa shape index (κ3) is 2.99. The summed E-state index contributed by atoms with van der Waals surface area (Å²) >= 11 is 0. The Morgan fingerprint density at radius 3 is 2.74 bits per heavy atom. The van der Waals surface area contributed by atoms with E-state index < -0.39 is 0 Å². The zero-order valence-electron chi connectivity index (χ0n) is 11.4. The van der Waals surface area contributed by atoms with Gasteiger partial charge in [0.1, 0.15) is 5.75 Å². The third-order valence-corrected chi connectivity index (χ3v) is 3.13. The molecule has 0 aliphatic carbocycles. The highest BCUT2D eigenvalue weighted by Gasteiger charge is 2.13. The predicted molar refractivity (Wildman–Crippen MR) is 74.7 cm³/mol. The topological polar surface area (TPSA) is 39.2 Å². The largest absolute Gasteiger partial charge is 0.496 e. The molecule has 0 aliphatic rings.